The van der Waals surface area contributed by atoms with Crippen LogP contribution in [0.25, 0.3) is 0 Å². The topological polar surface area (TPSA) is 37.4 Å². The van der Waals surface area contributed by atoms with E-state index in [4.69, 9.17) is 0 Å². The van der Waals surface area contributed by atoms with E-state index in [1.807, 2.05) is 6.08 Å². The van der Waals surface area contributed by atoms with Gasteiger partial charge in [0, 0.05) is 47.7 Å². The van der Waals surface area contributed by atoms with E-state index >= 15 is 0 Å². The zero-order chi connectivity index (χ0) is 16.4. The van der Waals surface area contributed by atoms with Gasteiger partial charge in [-0.1, -0.05) is 19.4 Å². The quantitative estimate of drug-likeness (QED) is 0.687. The molecule has 0 aromatic rings. The molecule has 6 aliphatic rings. The number of piperidine rings is 1. The monoisotopic (exact) mass is 325 g/mol. The third-order valence-electron chi connectivity index (χ3n) is 9.52. The Kier molecular flexibility index (Phi) is 2.41. The zero-order valence-corrected chi connectivity index (χ0v) is 14.8. The van der Waals surface area contributed by atoms with Crippen LogP contribution in [0, 0.1) is 40.4 Å². The SMILES string of the molecule is C[C@@H]1CN2C[C@H]3CCC4=CC(=O)[C@@H]5CC[C@@]6(C(=O)[C@@H]1CC2[C@@]36C)[C@H]45. The maximum absolute atomic E-state index is 14.0. The van der Waals surface area contributed by atoms with Gasteiger partial charge in [0.2, 0.25) is 0 Å². The fourth-order valence-corrected chi connectivity index (χ4v) is 8.59. The van der Waals surface area contributed by atoms with Gasteiger partial charge in [-0.25, -0.2) is 0 Å². The third kappa shape index (κ3) is 1.23. The molecule has 8 atom stereocenters. The summed E-state index contributed by atoms with van der Waals surface area (Å²) in [5.41, 5.74) is 1.22. The number of carbonyl (C=O) groups excluding carboxylic acids is 2. The third-order valence-corrected chi connectivity index (χ3v) is 9.52. The molecule has 1 unspecified atom stereocenters. The van der Waals surface area contributed by atoms with Crippen molar-refractivity contribution in [1.29, 1.82) is 0 Å². The number of allylic oxidation sites excluding steroid dienone is 2. The van der Waals surface area contributed by atoms with Crippen LogP contribution in [-0.2, 0) is 9.59 Å². The van der Waals surface area contributed by atoms with E-state index in [0.717, 1.165) is 32.2 Å². The summed E-state index contributed by atoms with van der Waals surface area (Å²) in [4.78, 5) is 29.3. The Balaban J connectivity index is 1.64. The molecule has 0 amide bonds. The second kappa shape index (κ2) is 4.06. The van der Waals surface area contributed by atoms with Crippen molar-refractivity contribution in [3.8, 4) is 0 Å². The molecule has 5 fully saturated rings. The summed E-state index contributed by atoms with van der Waals surface area (Å²) in [5.74, 6) is 2.64. The summed E-state index contributed by atoms with van der Waals surface area (Å²) in [6, 6.07) is 0.579. The van der Waals surface area contributed by atoms with Gasteiger partial charge in [0.1, 0.15) is 5.78 Å². The lowest BCUT2D eigenvalue weighted by Crippen LogP contribution is -2.66. The molecule has 2 aliphatic heterocycles. The Hall–Kier alpha value is -0.960. The molecule has 0 N–H and O–H groups in total. The molecule has 0 aromatic carbocycles. The van der Waals surface area contributed by atoms with Crippen molar-refractivity contribution in [2.75, 3.05) is 13.1 Å². The fourth-order valence-electron chi connectivity index (χ4n) is 8.59. The maximum atomic E-state index is 14.0. The van der Waals surface area contributed by atoms with Gasteiger partial charge in [-0.2, -0.15) is 0 Å². The summed E-state index contributed by atoms with van der Waals surface area (Å²) in [5, 5.41) is 0. The number of rotatable bonds is 0. The Morgan fingerprint density at radius 2 is 2.00 bits per heavy atom. The first kappa shape index (κ1) is 14.2. The van der Waals surface area contributed by atoms with Crippen LogP contribution in [0.3, 0.4) is 0 Å². The number of hydrogen-bond donors (Lipinski definition) is 0. The summed E-state index contributed by atoms with van der Waals surface area (Å²) in [6.45, 7) is 7.04. The van der Waals surface area contributed by atoms with Gasteiger partial charge in [0.15, 0.2) is 5.78 Å². The van der Waals surface area contributed by atoms with Gasteiger partial charge in [0.25, 0.3) is 0 Å². The molecular weight excluding hydrogens is 298 g/mol. The Morgan fingerprint density at radius 1 is 1.17 bits per heavy atom. The molecule has 3 saturated carbocycles. The molecule has 4 aliphatic carbocycles. The van der Waals surface area contributed by atoms with Gasteiger partial charge >= 0.3 is 0 Å². The van der Waals surface area contributed by atoms with E-state index in [1.165, 1.54) is 18.5 Å². The van der Waals surface area contributed by atoms with Gasteiger partial charge in [0.05, 0.1) is 0 Å². The predicted molar refractivity (Wildman–Crippen MR) is 90.2 cm³/mol. The van der Waals surface area contributed by atoms with Crippen molar-refractivity contribution in [1.82, 2.24) is 4.90 Å². The van der Waals surface area contributed by atoms with Crippen molar-refractivity contribution >= 4 is 11.6 Å². The molecule has 0 aromatic heterocycles. The van der Waals surface area contributed by atoms with Crippen molar-refractivity contribution < 1.29 is 9.59 Å². The number of hydrogen-bond acceptors (Lipinski definition) is 3. The Morgan fingerprint density at radius 3 is 2.83 bits per heavy atom. The molecule has 0 radical (unpaired) electrons. The fraction of sp³-hybridized carbons (Fsp3) is 0.810. The minimum Gasteiger partial charge on any atom is -0.299 e. The lowest BCUT2D eigenvalue weighted by Gasteiger charge is -2.60. The summed E-state index contributed by atoms with van der Waals surface area (Å²) in [6.07, 6.45) is 7.21. The molecule has 3 nitrogen and oxygen atoms in total. The summed E-state index contributed by atoms with van der Waals surface area (Å²) < 4.78 is 0. The predicted octanol–water partition coefficient (Wildman–Crippen LogP) is 2.85. The van der Waals surface area contributed by atoms with Crippen molar-refractivity contribution in [2.24, 2.45) is 40.4 Å². The normalized spacial score (nSPS) is 57.8. The first-order valence-electron chi connectivity index (χ1n) is 10.0. The average Bonchev–Trinajstić information content (AvgIpc) is 3.15. The van der Waals surface area contributed by atoms with E-state index < -0.39 is 0 Å². The van der Waals surface area contributed by atoms with Crippen molar-refractivity contribution in [3.05, 3.63) is 11.6 Å². The van der Waals surface area contributed by atoms with E-state index in [0.29, 0.717) is 29.4 Å². The summed E-state index contributed by atoms with van der Waals surface area (Å²) in [7, 11) is 0. The maximum Gasteiger partial charge on any atom is 0.159 e. The molecule has 6 rings (SSSR count). The Bertz CT molecular complexity index is 711. The highest BCUT2D eigenvalue weighted by atomic mass is 16.1. The van der Waals surface area contributed by atoms with Gasteiger partial charge in [-0.05, 0) is 50.0 Å². The number of fused-ring (bicyclic) bond motifs is 1. The highest BCUT2D eigenvalue weighted by Gasteiger charge is 2.76. The number of nitrogens with zero attached hydrogens (tertiary/aromatic N) is 1. The van der Waals surface area contributed by atoms with Crippen LogP contribution in [0.4, 0.5) is 0 Å². The molecule has 2 saturated heterocycles. The van der Waals surface area contributed by atoms with Crippen LogP contribution >= 0.6 is 0 Å². The van der Waals surface area contributed by atoms with Crippen LogP contribution in [0.2, 0.25) is 0 Å². The number of Topliss-reactive ketones (excluding diaryl/α,β-unsaturated/α-hetero) is 1. The summed E-state index contributed by atoms with van der Waals surface area (Å²) >= 11 is 0. The molecule has 128 valence electrons. The first-order chi connectivity index (χ1) is 11.5. The molecule has 2 heterocycles. The van der Waals surface area contributed by atoms with Crippen LogP contribution in [0.1, 0.15) is 46.0 Å². The molecule has 3 heteroatoms. The minimum absolute atomic E-state index is 0.0976. The standard InChI is InChI=1S/C21H27NO2/c1-11-9-22-10-13-4-3-12-7-16(23)14-5-6-21(18(12)14)19(24)15(11)8-17(22)20(13,21)2/h7,11,13-15,17-18H,3-6,8-10H2,1-2H3/t11-,13-,14+,15-,17?,18-,20-,21+/m1/s1. The largest absolute Gasteiger partial charge is 0.299 e. The van der Waals surface area contributed by atoms with E-state index in [9.17, 15) is 9.59 Å². The highest BCUT2D eigenvalue weighted by molar-refractivity contribution is 6.00. The Labute approximate surface area is 143 Å². The lowest BCUT2D eigenvalue weighted by molar-refractivity contribution is -0.167. The smallest absolute Gasteiger partial charge is 0.159 e. The van der Waals surface area contributed by atoms with E-state index in [-0.39, 0.29) is 28.6 Å². The molecule has 2 bridgehead atoms. The zero-order valence-electron chi connectivity index (χ0n) is 14.8. The number of ketones is 2. The van der Waals surface area contributed by atoms with Crippen LogP contribution < -0.4 is 0 Å². The molecule has 1 spiro atoms. The second-order valence-corrected chi connectivity index (χ2v) is 9.89. The minimum atomic E-state index is -0.228. The van der Waals surface area contributed by atoms with E-state index in [1.54, 1.807) is 0 Å². The number of carbonyl (C=O) groups is 2. The van der Waals surface area contributed by atoms with Crippen LogP contribution in [0.5, 0.6) is 0 Å². The van der Waals surface area contributed by atoms with Crippen molar-refractivity contribution in [2.45, 2.75) is 52.0 Å². The molecular formula is C21H27NO2. The van der Waals surface area contributed by atoms with E-state index in [2.05, 4.69) is 18.7 Å². The first-order valence-corrected chi connectivity index (χ1v) is 10.0. The van der Waals surface area contributed by atoms with Crippen molar-refractivity contribution in [3.63, 3.8) is 0 Å². The van der Waals surface area contributed by atoms with Gasteiger partial charge in [-0.3, -0.25) is 14.5 Å². The highest BCUT2D eigenvalue weighted by Crippen LogP contribution is 2.74. The molecule has 24 heavy (non-hydrogen) atoms. The van der Waals surface area contributed by atoms with Crippen LogP contribution in [-0.4, -0.2) is 35.6 Å². The average molecular weight is 325 g/mol. The second-order valence-electron chi connectivity index (χ2n) is 9.89. The van der Waals surface area contributed by atoms with Gasteiger partial charge < -0.3 is 0 Å². The lowest BCUT2D eigenvalue weighted by atomic mass is 9.44. The van der Waals surface area contributed by atoms with Crippen LogP contribution in [0.15, 0.2) is 11.6 Å². The van der Waals surface area contributed by atoms with Gasteiger partial charge in [-0.15, -0.1) is 0 Å².